The molecule has 1 aromatic rings. The van der Waals surface area contributed by atoms with Crippen LogP contribution in [0.3, 0.4) is 0 Å². The van der Waals surface area contributed by atoms with Crippen molar-refractivity contribution in [3.05, 3.63) is 18.3 Å². The van der Waals surface area contributed by atoms with Crippen LogP contribution < -0.4 is 9.62 Å². The standard InChI is InChI=1S/C13H23N3O3S/c1-10(2)7-11(9-17)16(4)13-6-5-12(8-15-13)20(18,19)14-3/h5-6,8,10-11,14,17H,7,9H2,1-4H3. The number of anilines is 1. The second-order valence-corrected chi connectivity index (χ2v) is 7.02. The third kappa shape index (κ3) is 4.16. The van der Waals surface area contributed by atoms with Gasteiger partial charge in [-0.2, -0.15) is 0 Å². The highest BCUT2D eigenvalue weighted by atomic mass is 32.2. The molecular formula is C13H23N3O3S. The van der Waals surface area contributed by atoms with Gasteiger partial charge in [-0.25, -0.2) is 18.1 Å². The Morgan fingerprint density at radius 3 is 2.45 bits per heavy atom. The average molecular weight is 301 g/mol. The van der Waals surface area contributed by atoms with Crippen LogP contribution in [-0.4, -0.2) is 45.3 Å². The van der Waals surface area contributed by atoms with Gasteiger partial charge in [0.25, 0.3) is 0 Å². The lowest BCUT2D eigenvalue weighted by Crippen LogP contribution is -2.36. The molecule has 0 fully saturated rings. The van der Waals surface area contributed by atoms with Gasteiger partial charge < -0.3 is 10.0 Å². The predicted molar refractivity (Wildman–Crippen MR) is 79.2 cm³/mol. The molecule has 1 heterocycles. The summed E-state index contributed by atoms with van der Waals surface area (Å²) in [5.41, 5.74) is 0. The molecule has 2 N–H and O–H groups in total. The van der Waals surface area contributed by atoms with Crippen molar-refractivity contribution < 1.29 is 13.5 Å². The van der Waals surface area contributed by atoms with Crippen molar-refractivity contribution in [2.45, 2.75) is 31.2 Å². The van der Waals surface area contributed by atoms with E-state index in [9.17, 15) is 13.5 Å². The number of aliphatic hydroxyl groups is 1. The Balaban J connectivity index is 2.92. The van der Waals surface area contributed by atoms with E-state index in [1.807, 2.05) is 11.9 Å². The fraction of sp³-hybridized carbons (Fsp3) is 0.615. The zero-order chi connectivity index (χ0) is 15.3. The summed E-state index contributed by atoms with van der Waals surface area (Å²) >= 11 is 0. The molecule has 0 aromatic carbocycles. The lowest BCUT2D eigenvalue weighted by Gasteiger charge is -2.29. The number of hydrogen-bond donors (Lipinski definition) is 2. The number of nitrogens with zero attached hydrogens (tertiary/aromatic N) is 2. The topological polar surface area (TPSA) is 82.5 Å². The normalized spacial score (nSPS) is 13.5. The van der Waals surface area contributed by atoms with Crippen LogP contribution in [0.1, 0.15) is 20.3 Å². The minimum atomic E-state index is -3.47. The van der Waals surface area contributed by atoms with Crippen LogP contribution in [0.2, 0.25) is 0 Å². The smallest absolute Gasteiger partial charge is 0.241 e. The number of nitrogens with one attached hydrogen (secondary N) is 1. The van der Waals surface area contributed by atoms with Crippen molar-refractivity contribution in [1.29, 1.82) is 0 Å². The van der Waals surface area contributed by atoms with Crippen molar-refractivity contribution >= 4 is 15.8 Å². The second kappa shape index (κ2) is 7.01. The van der Waals surface area contributed by atoms with E-state index in [2.05, 4.69) is 23.6 Å². The van der Waals surface area contributed by atoms with Gasteiger partial charge in [-0.05, 0) is 31.5 Å². The van der Waals surface area contributed by atoms with Gasteiger partial charge in [0.2, 0.25) is 10.0 Å². The minimum Gasteiger partial charge on any atom is -0.394 e. The van der Waals surface area contributed by atoms with Gasteiger partial charge in [0.1, 0.15) is 10.7 Å². The largest absolute Gasteiger partial charge is 0.394 e. The van der Waals surface area contributed by atoms with Crippen LogP contribution in [0.5, 0.6) is 0 Å². The molecule has 0 saturated carbocycles. The molecule has 0 bridgehead atoms. The Hall–Kier alpha value is -1.18. The van der Waals surface area contributed by atoms with Crippen molar-refractivity contribution in [2.24, 2.45) is 5.92 Å². The number of hydrogen-bond acceptors (Lipinski definition) is 5. The fourth-order valence-corrected chi connectivity index (χ4v) is 2.62. The summed E-state index contributed by atoms with van der Waals surface area (Å²) in [6, 6.07) is 3.12. The van der Waals surface area contributed by atoms with Crippen LogP contribution in [-0.2, 0) is 10.0 Å². The first kappa shape index (κ1) is 16.9. The Kier molecular flexibility index (Phi) is 5.91. The third-order valence-corrected chi connectivity index (χ3v) is 4.56. The van der Waals surface area contributed by atoms with Gasteiger partial charge in [0, 0.05) is 13.2 Å². The van der Waals surface area contributed by atoms with Gasteiger partial charge in [-0.3, -0.25) is 0 Å². The summed E-state index contributed by atoms with van der Waals surface area (Å²) in [4.78, 5) is 6.16. The zero-order valence-electron chi connectivity index (χ0n) is 12.4. The maximum absolute atomic E-state index is 11.6. The monoisotopic (exact) mass is 301 g/mol. The number of aliphatic hydroxyl groups excluding tert-OH is 1. The first-order valence-electron chi connectivity index (χ1n) is 6.55. The fourth-order valence-electron chi connectivity index (χ4n) is 1.94. The maximum atomic E-state index is 11.6. The summed E-state index contributed by atoms with van der Waals surface area (Å²) in [5.74, 6) is 1.10. The van der Waals surface area contributed by atoms with E-state index in [0.717, 1.165) is 6.42 Å². The Labute approximate surface area is 120 Å². The first-order chi connectivity index (χ1) is 9.31. The molecule has 0 aliphatic carbocycles. The molecule has 7 heteroatoms. The van der Waals surface area contributed by atoms with Crippen molar-refractivity contribution in [3.63, 3.8) is 0 Å². The Morgan fingerprint density at radius 1 is 1.40 bits per heavy atom. The van der Waals surface area contributed by atoms with Gasteiger partial charge in [0.05, 0.1) is 12.6 Å². The minimum absolute atomic E-state index is 0.0331. The molecule has 1 atom stereocenters. The lowest BCUT2D eigenvalue weighted by molar-refractivity contribution is 0.245. The highest BCUT2D eigenvalue weighted by molar-refractivity contribution is 7.89. The summed E-state index contributed by atoms with van der Waals surface area (Å²) < 4.78 is 25.5. The number of aromatic nitrogens is 1. The van der Waals surface area contributed by atoms with Gasteiger partial charge in [-0.15, -0.1) is 0 Å². The maximum Gasteiger partial charge on any atom is 0.241 e. The molecule has 0 radical (unpaired) electrons. The molecule has 114 valence electrons. The van der Waals surface area contributed by atoms with Crippen molar-refractivity contribution in [2.75, 3.05) is 25.6 Å². The third-order valence-electron chi connectivity index (χ3n) is 3.16. The van der Waals surface area contributed by atoms with Crippen molar-refractivity contribution in [1.82, 2.24) is 9.71 Å². The van der Waals surface area contributed by atoms with Crippen LogP contribution in [0.15, 0.2) is 23.2 Å². The molecule has 0 aliphatic rings. The van der Waals surface area contributed by atoms with Gasteiger partial charge >= 0.3 is 0 Å². The first-order valence-corrected chi connectivity index (χ1v) is 8.03. The molecule has 1 aromatic heterocycles. The van der Waals surface area contributed by atoms with E-state index in [4.69, 9.17) is 0 Å². The SMILES string of the molecule is CNS(=O)(=O)c1ccc(N(C)C(CO)CC(C)C)nc1. The van der Waals surface area contributed by atoms with E-state index in [1.165, 1.54) is 19.3 Å². The van der Waals surface area contributed by atoms with E-state index >= 15 is 0 Å². The number of sulfonamides is 1. The number of pyridine rings is 1. The highest BCUT2D eigenvalue weighted by Crippen LogP contribution is 2.18. The second-order valence-electron chi connectivity index (χ2n) is 5.14. The summed E-state index contributed by atoms with van der Waals surface area (Å²) in [6.07, 6.45) is 2.16. The Bertz CT molecular complexity index is 514. The molecule has 1 rings (SSSR count). The van der Waals surface area contributed by atoms with Crippen LogP contribution in [0.25, 0.3) is 0 Å². The number of likely N-dealkylation sites (N-methyl/N-ethyl adjacent to an activating group) is 1. The van der Waals surface area contributed by atoms with Gasteiger partial charge in [-0.1, -0.05) is 13.8 Å². The van der Waals surface area contributed by atoms with Crippen LogP contribution in [0.4, 0.5) is 5.82 Å². The molecule has 0 aliphatic heterocycles. The molecule has 0 amide bonds. The summed E-state index contributed by atoms with van der Waals surface area (Å²) in [6.45, 7) is 4.21. The predicted octanol–water partition coefficient (Wildman–Crippen LogP) is 0.833. The van der Waals surface area contributed by atoms with E-state index in [0.29, 0.717) is 11.7 Å². The highest BCUT2D eigenvalue weighted by Gasteiger charge is 2.18. The molecule has 0 saturated heterocycles. The molecule has 20 heavy (non-hydrogen) atoms. The average Bonchev–Trinajstić information content (AvgIpc) is 2.44. The molecule has 0 spiro atoms. The summed E-state index contributed by atoms with van der Waals surface area (Å²) in [5, 5.41) is 9.45. The summed E-state index contributed by atoms with van der Waals surface area (Å²) in [7, 11) is -0.260. The zero-order valence-corrected chi connectivity index (χ0v) is 13.2. The van der Waals surface area contributed by atoms with E-state index < -0.39 is 10.0 Å². The van der Waals surface area contributed by atoms with Gasteiger partial charge in [0.15, 0.2) is 0 Å². The molecule has 1 unspecified atom stereocenters. The molecular weight excluding hydrogens is 278 g/mol. The van der Waals surface area contributed by atoms with Crippen molar-refractivity contribution in [3.8, 4) is 0 Å². The van der Waals surface area contributed by atoms with E-state index in [-0.39, 0.29) is 17.5 Å². The van der Waals surface area contributed by atoms with Crippen LogP contribution in [0, 0.1) is 5.92 Å². The number of rotatable bonds is 7. The van der Waals surface area contributed by atoms with Crippen LogP contribution >= 0.6 is 0 Å². The quantitative estimate of drug-likeness (QED) is 0.779. The lowest BCUT2D eigenvalue weighted by atomic mass is 10.0. The Morgan fingerprint density at radius 2 is 2.05 bits per heavy atom. The molecule has 6 nitrogen and oxygen atoms in total. The van der Waals surface area contributed by atoms with E-state index in [1.54, 1.807) is 6.07 Å².